The molecule has 23 heavy (non-hydrogen) atoms. The molecule has 0 saturated heterocycles. The van der Waals surface area contributed by atoms with E-state index in [-0.39, 0.29) is 17.9 Å². The third-order valence-electron chi connectivity index (χ3n) is 3.02. The van der Waals surface area contributed by atoms with Crippen molar-refractivity contribution < 1.29 is 13.9 Å². The molecule has 1 aromatic heterocycles. The van der Waals surface area contributed by atoms with Crippen LogP contribution in [0.4, 0.5) is 0 Å². The maximum absolute atomic E-state index is 11.9. The minimum Gasteiger partial charge on any atom is -0.417 e. The zero-order valence-electron chi connectivity index (χ0n) is 13.2. The van der Waals surface area contributed by atoms with Crippen LogP contribution < -0.4 is 5.32 Å². The van der Waals surface area contributed by atoms with Gasteiger partial charge in [-0.05, 0) is 31.9 Å². The predicted molar refractivity (Wildman–Crippen MR) is 86.6 cm³/mol. The van der Waals surface area contributed by atoms with Gasteiger partial charge in [-0.25, -0.2) is 0 Å². The number of amides is 1. The van der Waals surface area contributed by atoms with Crippen LogP contribution in [0.1, 0.15) is 42.4 Å². The first kappa shape index (κ1) is 17.4. The summed E-state index contributed by atoms with van der Waals surface area (Å²) in [5.41, 5.74) is 0.871. The number of rotatable bonds is 8. The van der Waals surface area contributed by atoms with E-state index in [9.17, 15) is 4.79 Å². The molecule has 0 bridgehead atoms. The van der Waals surface area contributed by atoms with Gasteiger partial charge in [0.2, 0.25) is 5.89 Å². The summed E-state index contributed by atoms with van der Waals surface area (Å²) >= 11 is 6.08. The molecule has 124 valence electrons. The fraction of sp³-hybridized carbons (Fsp3) is 0.438. The van der Waals surface area contributed by atoms with Crippen LogP contribution in [0.2, 0.25) is 5.02 Å². The fourth-order valence-corrected chi connectivity index (χ4v) is 2.09. The minimum atomic E-state index is -0.382. The second kappa shape index (κ2) is 8.64. The molecule has 0 aliphatic heterocycles. The Morgan fingerprint density at radius 1 is 1.35 bits per heavy atom. The van der Waals surface area contributed by atoms with E-state index < -0.39 is 0 Å². The van der Waals surface area contributed by atoms with E-state index in [1.165, 1.54) is 0 Å². The molecule has 0 spiro atoms. The number of hydrogen-bond donors (Lipinski definition) is 1. The topological polar surface area (TPSA) is 77.2 Å². The molecule has 6 nitrogen and oxygen atoms in total. The summed E-state index contributed by atoms with van der Waals surface area (Å²) in [4.78, 5) is 11.9. The highest BCUT2D eigenvalue weighted by Gasteiger charge is 2.15. The molecule has 0 saturated carbocycles. The summed E-state index contributed by atoms with van der Waals surface area (Å²) in [6.45, 7) is 5.03. The molecular formula is C16H20ClN3O3. The molecule has 0 fully saturated rings. The van der Waals surface area contributed by atoms with E-state index in [0.29, 0.717) is 30.5 Å². The van der Waals surface area contributed by atoms with Crippen LogP contribution in [-0.4, -0.2) is 35.4 Å². The molecule has 0 aliphatic carbocycles. The Balaban J connectivity index is 1.82. The molecule has 1 N–H and O–H groups in total. The van der Waals surface area contributed by atoms with Gasteiger partial charge in [0.25, 0.3) is 0 Å². The molecule has 0 atom stereocenters. The quantitative estimate of drug-likeness (QED) is 0.749. The normalized spacial score (nSPS) is 11.0. The van der Waals surface area contributed by atoms with Crippen molar-refractivity contribution in [2.45, 2.75) is 32.8 Å². The zero-order valence-corrected chi connectivity index (χ0v) is 14.0. The minimum absolute atomic E-state index is 0.0446. The summed E-state index contributed by atoms with van der Waals surface area (Å²) in [6.07, 6.45) is 1.31. The van der Waals surface area contributed by atoms with E-state index in [1.807, 2.05) is 32.0 Å². The van der Waals surface area contributed by atoms with Gasteiger partial charge in [0, 0.05) is 18.2 Å². The Hall–Kier alpha value is -1.92. The van der Waals surface area contributed by atoms with Crippen molar-refractivity contribution in [3.63, 3.8) is 0 Å². The lowest BCUT2D eigenvalue weighted by molar-refractivity contribution is 0.0752. The number of benzene rings is 1. The molecule has 2 rings (SSSR count). The van der Waals surface area contributed by atoms with Crippen molar-refractivity contribution in [3.05, 3.63) is 46.6 Å². The first-order chi connectivity index (χ1) is 11.1. The second-order valence-electron chi connectivity index (χ2n) is 5.30. The molecule has 7 heteroatoms. The van der Waals surface area contributed by atoms with Crippen molar-refractivity contribution in [1.29, 1.82) is 0 Å². The average Bonchev–Trinajstić information content (AvgIpc) is 2.97. The third kappa shape index (κ3) is 5.65. The van der Waals surface area contributed by atoms with Crippen LogP contribution in [0, 0.1) is 0 Å². The van der Waals surface area contributed by atoms with Crippen molar-refractivity contribution >= 4 is 17.5 Å². The van der Waals surface area contributed by atoms with Gasteiger partial charge in [-0.15, -0.1) is 10.2 Å². The Morgan fingerprint density at radius 3 is 2.87 bits per heavy atom. The number of nitrogens with one attached hydrogen (secondary N) is 1. The molecule has 0 radical (unpaired) electrons. The number of nitrogens with zero attached hydrogens (tertiary/aromatic N) is 2. The highest BCUT2D eigenvalue weighted by molar-refractivity contribution is 6.31. The maximum atomic E-state index is 11.9. The van der Waals surface area contributed by atoms with Crippen LogP contribution in [0.5, 0.6) is 0 Å². The van der Waals surface area contributed by atoms with Crippen LogP contribution >= 0.6 is 11.6 Å². The van der Waals surface area contributed by atoms with Crippen LogP contribution in [0.25, 0.3) is 0 Å². The summed E-state index contributed by atoms with van der Waals surface area (Å²) in [7, 11) is 0. The molecule has 1 heterocycles. The van der Waals surface area contributed by atoms with Gasteiger partial charge in [-0.2, -0.15) is 0 Å². The largest absolute Gasteiger partial charge is 0.417 e. The Morgan fingerprint density at radius 2 is 2.13 bits per heavy atom. The fourth-order valence-electron chi connectivity index (χ4n) is 1.89. The van der Waals surface area contributed by atoms with Crippen LogP contribution in [0.3, 0.4) is 0 Å². The van der Waals surface area contributed by atoms with E-state index >= 15 is 0 Å². The lowest BCUT2D eigenvalue weighted by Crippen LogP contribution is -2.25. The first-order valence-electron chi connectivity index (χ1n) is 7.52. The zero-order chi connectivity index (χ0) is 16.7. The van der Waals surface area contributed by atoms with Crippen LogP contribution in [0.15, 0.2) is 28.7 Å². The first-order valence-corrected chi connectivity index (χ1v) is 7.89. The highest BCUT2D eigenvalue weighted by atomic mass is 35.5. The Labute approximate surface area is 140 Å². The summed E-state index contributed by atoms with van der Waals surface area (Å²) < 4.78 is 10.8. The lowest BCUT2D eigenvalue weighted by atomic mass is 10.1. The monoisotopic (exact) mass is 337 g/mol. The number of hydrogen-bond acceptors (Lipinski definition) is 5. The maximum Gasteiger partial charge on any atom is 0.308 e. The van der Waals surface area contributed by atoms with E-state index in [1.54, 1.807) is 6.07 Å². The van der Waals surface area contributed by atoms with E-state index in [4.69, 9.17) is 20.8 Å². The molecule has 2 aromatic rings. The van der Waals surface area contributed by atoms with Gasteiger partial charge in [-0.3, -0.25) is 4.79 Å². The van der Waals surface area contributed by atoms with Gasteiger partial charge in [0.05, 0.1) is 12.5 Å². The molecule has 1 aromatic carbocycles. The molecule has 1 amide bonds. The summed E-state index contributed by atoms with van der Waals surface area (Å²) in [5, 5.41) is 11.0. The standard InChI is InChI=1S/C16H20ClN3O3/c1-11(2)22-9-5-8-18-15(21)16-20-19-14(23-16)10-12-6-3-4-7-13(12)17/h3-4,6-7,11H,5,8-10H2,1-2H3,(H,18,21). The highest BCUT2D eigenvalue weighted by Crippen LogP contribution is 2.18. The van der Waals surface area contributed by atoms with Crippen molar-refractivity contribution in [2.75, 3.05) is 13.2 Å². The number of carbonyl (C=O) groups is 1. The van der Waals surface area contributed by atoms with Crippen molar-refractivity contribution in [2.24, 2.45) is 0 Å². The smallest absolute Gasteiger partial charge is 0.308 e. The second-order valence-corrected chi connectivity index (χ2v) is 5.71. The Bertz CT molecular complexity index is 643. The van der Waals surface area contributed by atoms with E-state index in [0.717, 1.165) is 12.0 Å². The molecule has 0 aliphatic rings. The lowest BCUT2D eigenvalue weighted by Gasteiger charge is -2.07. The predicted octanol–water partition coefficient (Wildman–Crippen LogP) is 2.86. The summed E-state index contributed by atoms with van der Waals surface area (Å²) in [6, 6.07) is 7.40. The number of carbonyl (C=O) groups excluding carboxylic acids is 1. The Kier molecular flexibility index (Phi) is 6.55. The molecular weight excluding hydrogens is 318 g/mol. The average molecular weight is 338 g/mol. The third-order valence-corrected chi connectivity index (χ3v) is 3.39. The number of aromatic nitrogens is 2. The van der Waals surface area contributed by atoms with Gasteiger partial charge in [0.1, 0.15) is 0 Å². The summed E-state index contributed by atoms with van der Waals surface area (Å²) in [5.74, 6) is -0.0734. The van der Waals surface area contributed by atoms with E-state index in [2.05, 4.69) is 15.5 Å². The number of ether oxygens (including phenoxy) is 1. The van der Waals surface area contributed by atoms with Crippen molar-refractivity contribution in [1.82, 2.24) is 15.5 Å². The van der Waals surface area contributed by atoms with Gasteiger partial charge >= 0.3 is 11.8 Å². The molecule has 0 unspecified atom stereocenters. The van der Waals surface area contributed by atoms with Gasteiger partial charge in [-0.1, -0.05) is 29.8 Å². The number of halogens is 1. The van der Waals surface area contributed by atoms with Crippen molar-refractivity contribution in [3.8, 4) is 0 Å². The van der Waals surface area contributed by atoms with Gasteiger partial charge in [0.15, 0.2) is 0 Å². The SMILES string of the molecule is CC(C)OCCCNC(=O)c1nnc(Cc2ccccc2Cl)o1. The van der Waals surface area contributed by atoms with Crippen LogP contribution in [-0.2, 0) is 11.2 Å². The van der Waals surface area contributed by atoms with Gasteiger partial charge < -0.3 is 14.5 Å².